The molecular formula is C21H24N2O3. The number of para-hydroxylation sites is 1. The van der Waals surface area contributed by atoms with E-state index in [0.717, 1.165) is 54.3 Å². The molecule has 1 N–H and O–H groups in total. The minimum atomic E-state index is -0.799. The highest BCUT2D eigenvalue weighted by atomic mass is 16.5. The summed E-state index contributed by atoms with van der Waals surface area (Å²) in [5.74, 6) is -0.138. The first kappa shape index (κ1) is 17.0. The third kappa shape index (κ3) is 3.30. The number of ether oxygens (including phenoxy) is 1. The van der Waals surface area contributed by atoms with Gasteiger partial charge in [0, 0.05) is 17.1 Å². The maximum atomic E-state index is 13.0. The number of amides is 1. The van der Waals surface area contributed by atoms with Gasteiger partial charge in [0.25, 0.3) is 5.91 Å². The van der Waals surface area contributed by atoms with Crippen LogP contribution in [0.3, 0.4) is 0 Å². The second-order valence-corrected chi connectivity index (χ2v) is 7.61. The minimum Gasteiger partial charge on any atom is -0.449 e. The first-order valence-corrected chi connectivity index (χ1v) is 9.44. The molecule has 0 unspecified atom stereocenters. The molecule has 4 rings (SSSR count). The highest BCUT2D eigenvalue weighted by Gasteiger charge is 2.30. The topological polar surface area (TPSA) is 68.3 Å². The Bertz CT molecular complexity index is 873. The first-order valence-electron chi connectivity index (χ1n) is 9.44. The maximum absolute atomic E-state index is 13.0. The summed E-state index contributed by atoms with van der Waals surface area (Å²) in [7, 11) is 0. The smallest absolute Gasteiger partial charge is 0.339 e. The van der Waals surface area contributed by atoms with Crippen molar-refractivity contribution < 1.29 is 14.3 Å². The molecule has 1 aromatic carbocycles. The van der Waals surface area contributed by atoms with Crippen LogP contribution in [0.4, 0.5) is 0 Å². The summed E-state index contributed by atoms with van der Waals surface area (Å²) in [5.41, 5.74) is 3.37. The number of carbonyl (C=O) groups excluding carboxylic acids is 2. The van der Waals surface area contributed by atoms with Crippen molar-refractivity contribution in [1.29, 1.82) is 0 Å². The first-order chi connectivity index (χ1) is 12.5. The van der Waals surface area contributed by atoms with Crippen LogP contribution in [0.25, 0.3) is 10.9 Å². The Morgan fingerprint density at radius 1 is 1.23 bits per heavy atom. The molecule has 1 saturated carbocycles. The normalized spacial score (nSPS) is 20.3. The van der Waals surface area contributed by atoms with E-state index in [1.54, 1.807) is 6.92 Å². The average molecular weight is 352 g/mol. The van der Waals surface area contributed by atoms with Crippen LogP contribution < -0.4 is 5.32 Å². The number of esters is 1. The summed E-state index contributed by atoms with van der Waals surface area (Å²) in [6, 6.07) is 7.91. The van der Waals surface area contributed by atoms with E-state index in [-0.39, 0.29) is 11.9 Å². The molecule has 0 saturated heterocycles. The summed E-state index contributed by atoms with van der Waals surface area (Å²) in [6.07, 6.45) is 3.98. The molecule has 0 bridgehead atoms. The predicted octanol–water partition coefficient (Wildman–Crippen LogP) is 3.18. The lowest BCUT2D eigenvalue weighted by Gasteiger charge is -2.24. The Balaban J connectivity index is 1.68. The van der Waals surface area contributed by atoms with Crippen LogP contribution in [0, 0.1) is 5.92 Å². The molecule has 2 aromatic rings. The Hall–Kier alpha value is -2.43. The fraction of sp³-hybridized carbons (Fsp3) is 0.476. The zero-order valence-electron chi connectivity index (χ0n) is 15.2. The molecule has 2 atom stereocenters. The van der Waals surface area contributed by atoms with Gasteiger partial charge in [0.2, 0.25) is 0 Å². The van der Waals surface area contributed by atoms with Gasteiger partial charge in [-0.1, -0.05) is 25.1 Å². The van der Waals surface area contributed by atoms with Crippen LogP contribution in [0.2, 0.25) is 0 Å². The van der Waals surface area contributed by atoms with Crippen molar-refractivity contribution in [1.82, 2.24) is 10.3 Å². The van der Waals surface area contributed by atoms with E-state index in [0.29, 0.717) is 11.5 Å². The second-order valence-electron chi connectivity index (χ2n) is 7.61. The molecule has 1 fully saturated rings. The number of carbonyl (C=O) groups is 2. The predicted molar refractivity (Wildman–Crippen MR) is 99.0 cm³/mol. The summed E-state index contributed by atoms with van der Waals surface area (Å²) < 4.78 is 5.56. The summed E-state index contributed by atoms with van der Waals surface area (Å²) in [4.78, 5) is 30.0. The minimum absolute atomic E-state index is 0.221. The molecule has 1 aromatic heterocycles. The van der Waals surface area contributed by atoms with E-state index >= 15 is 0 Å². The molecule has 0 spiro atoms. The van der Waals surface area contributed by atoms with Crippen molar-refractivity contribution in [3.05, 3.63) is 41.1 Å². The lowest BCUT2D eigenvalue weighted by molar-refractivity contribution is -0.129. The highest BCUT2D eigenvalue weighted by molar-refractivity contribution is 6.05. The monoisotopic (exact) mass is 352 g/mol. The van der Waals surface area contributed by atoms with Gasteiger partial charge in [0.1, 0.15) is 0 Å². The summed E-state index contributed by atoms with van der Waals surface area (Å²) >= 11 is 0. The molecule has 136 valence electrons. The van der Waals surface area contributed by atoms with Crippen LogP contribution in [0.15, 0.2) is 24.3 Å². The van der Waals surface area contributed by atoms with Crippen LogP contribution in [0.1, 0.15) is 54.7 Å². The third-order valence-electron chi connectivity index (χ3n) is 5.29. The number of benzene rings is 1. The van der Waals surface area contributed by atoms with E-state index in [1.807, 2.05) is 24.3 Å². The number of hydrogen-bond donors (Lipinski definition) is 1. The van der Waals surface area contributed by atoms with Crippen LogP contribution in [-0.2, 0) is 22.4 Å². The quantitative estimate of drug-likeness (QED) is 0.858. The molecule has 1 heterocycles. The van der Waals surface area contributed by atoms with E-state index in [1.165, 1.54) is 0 Å². The Kier molecular flexibility index (Phi) is 4.39. The van der Waals surface area contributed by atoms with Gasteiger partial charge in [-0.2, -0.15) is 0 Å². The van der Waals surface area contributed by atoms with Crippen molar-refractivity contribution >= 4 is 22.8 Å². The Morgan fingerprint density at radius 3 is 2.77 bits per heavy atom. The zero-order valence-corrected chi connectivity index (χ0v) is 15.2. The van der Waals surface area contributed by atoms with Crippen LogP contribution >= 0.6 is 0 Å². The maximum Gasteiger partial charge on any atom is 0.339 e. The van der Waals surface area contributed by atoms with Crippen molar-refractivity contribution in [3.63, 3.8) is 0 Å². The second kappa shape index (κ2) is 6.71. The number of fused-ring (bicyclic) bond motifs is 2. The van der Waals surface area contributed by atoms with Gasteiger partial charge in [-0.3, -0.25) is 9.78 Å². The van der Waals surface area contributed by atoms with Gasteiger partial charge >= 0.3 is 5.97 Å². The molecule has 2 aliphatic carbocycles. The fourth-order valence-electron chi connectivity index (χ4n) is 3.61. The third-order valence-corrected chi connectivity index (χ3v) is 5.29. The van der Waals surface area contributed by atoms with Gasteiger partial charge in [-0.15, -0.1) is 0 Å². The number of rotatable bonds is 4. The van der Waals surface area contributed by atoms with E-state index in [4.69, 9.17) is 9.72 Å². The summed E-state index contributed by atoms with van der Waals surface area (Å²) in [5, 5.41) is 3.69. The van der Waals surface area contributed by atoms with Gasteiger partial charge < -0.3 is 10.1 Å². The zero-order chi connectivity index (χ0) is 18.3. The standard InChI is InChI=1S/C21H24N2O3/c1-12-7-10-18-16(11-12)19(15-5-3-4-6-17(15)23-18)21(25)26-13(2)20(24)22-14-8-9-14/h3-6,12-14H,7-11H2,1-2H3,(H,22,24)/t12-,13+/m1/s1. The molecule has 26 heavy (non-hydrogen) atoms. The average Bonchev–Trinajstić information content (AvgIpc) is 3.43. The van der Waals surface area contributed by atoms with E-state index < -0.39 is 12.1 Å². The van der Waals surface area contributed by atoms with Crippen molar-refractivity contribution in [2.24, 2.45) is 5.92 Å². The molecular weight excluding hydrogens is 328 g/mol. The summed E-state index contributed by atoms with van der Waals surface area (Å²) in [6.45, 7) is 3.83. The lowest BCUT2D eigenvalue weighted by atomic mass is 9.84. The number of aromatic nitrogens is 1. The van der Waals surface area contributed by atoms with Crippen molar-refractivity contribution in [3.8, 4) is 0 Å². The molecule has 0 aliphatic heterocycles. The SMILES string of the molecule is C[C@@H]1CCc2nc3ccccc3c(C(=O)O[C@@H](C)C(=O)NC3CC3)c2C1. The molecule has 2 aliphatic rings. The number of nitrogens with one attached hydrogen (secondary N) is 1. The molecule has 5 heteroatoms. The highest BCUT2D eigenvalue weighted by Crippen LogP contribution is 2.32. The van der Waals surface area contributed by atoms with Crippen molar-refractivity contribution in [2.75, 3.05) is 0 Å². The van der Waals surface area contributed by atoms with E-state index in [2.05, 4.69) is 12.2 Å². The van der Waals surface area contributed by atoms with E-state index in [9.17, 15) is 9.59 Å². The fourth-order valence-corrected chi connectivity index (χ4v) is 3.61. The number of aryl methyl sites for hydroxylation is 1. The van der Waals surface area contributed by atoms with Gasteiger partial charge in [0.05, 0.1) is 11.1 Å². The molecule has 5 nitrogen and oxygen atoms in total. The van der Waals surface area contributed by atoms with Gasteiger partial charge in [-0.25, -0.2) is 4.79 Å². The van der Waals surface area contributed by atoms with Crippen LogP contribution in [-0.4, -0.2) is 29.0 Å². The molecule has 1 amide bonds. The van der Waals surface area contributed by atoms with Crippen LogP contribution in [0.5, 0.6) is 0 Å². The number of nitrogens with zero attached hydrogens (tertiary/aromatic N) is 1. The number of pyridine rings is 1. The van der Waals surface area contributed by atoms with Gasteiger partial charge in [0.15, 0.2) is 6.10 Å². The van der Waals surface area contributed by atoms with Crippen molar-refractivity contribution in [2.45, 2.75) is 58.1 Å². The Morgan fingerprint density at radius 2 is 2.00 bits per heavy atom. The van der Waals surface area contributed by atoms with Gasteiger partial charge in [-0.05, 0) is 56.6 Å². The lowest BCUT2D eigenvalue weighted by Crippen LogP contribution is -2.37. The number of hydrogen-bond acceptors (Lipinski definition) is 4. The largest absolute Gasteiger partial charge is 0.449 e. The molecule has 0 radical (unpaired) electrons. The Labute approximate surface area is 153 Å².